The van der Waals surface area contributed by atoms with E-state index in [1.165, 1.54) is 94.4 Å². The molecular formula is C23H38OS. The van der Waals surface area contributed by atoms with Crippen LogP contribution in [0.4, 0.5) is 0 Å². The summed E-state index contributed by atoms with van der Waals surface area (Å²) in [4.78, 5) is 11.9. The first-order valence-electron chi connectivity index (χ1n) is 10.5. The number of thioether (sulfide) groups is 1. The molecule has 1 rings (SSSR count). The summed E-state index contributed by atoms with van der Waals surface area (Å²) in [6.07, 6.45) is 18.4. The summed E-state index contributed by atoms with van der Waals surface area (Å²) in [7, 11) is 0. The molecule has 1 nitrogen and oxygen atoms in total. The van der Waals surface area contributed by atoms with E-state index in [2.05, 4.69) is 19.1 Å². The van der Waals surface area contributed by atoms with Gasteiger partial charge in [0.05, 0.1) is 0 Å². The van der Waals surface area contributed by atoms with Crippen LogP contribution >= 0.6 is 11.8 Å². The van der Waals surface area contributed by atoms with Crippen LogP contribution in [0.2, 0.25) is 0 Å². The number of hydrogen-bond donors (Lipinski definition) is 0. The van der Waals surface area contributed by atoms with Crippen molar-refractivity contribution >= 4 is 16.9 Å². The molecule has 0 aromatic heterocycles. The van der Waals surface area contributed by atoms with E-state index in [0.717, 1.165) is 18.6 Å². The van der Waals surface area contributed by atoms with Crippen LogP contribution in [0.25, 0.3) is 0 Å². The smallest absolute Gasteiger partial charge is 0.189 e. The third kappa shape index (κ3) is 14.1. The lowest BCUT2D eigenvalue weighted by molar-refractivity contribution is -0.111. The molecule has 1 aromatic carbocycles. The highest BCUT2D eigenvalue weighted by Crippen LogP contribution is 2.17. The molecule has 0 N–H and O–H groups in total. The molecule has 0 atom stereocenters. The van der Waals surface area contributed by atoms with E-state index >= 15 is 0 Å². The third-order valence-corrected chi connectivity index (χ3v) is 5.73. The lowest BCUT2D eigenvalue weighted by Crippen LogP contribution is -1.93. The van der Waals surface area contributed by atoms with Crippen LogP contribution in [-0.2, 0) is 10.5 Å². The summed E-state index contributed by atoms with van der Waals surface area (Å²) in [5.41, 5.74) is 1.24. The molecule has 25 heavy (non-hydrogen) atoms. The number of carbonyl (C=O) groups excluding carboxylic acids is 1. The topological polar surface area (TPSA) is 17.1 Å². The molecule has 0 aliphatic carbocycles. The van der Waals surface area contributed by atoms with Gasteiger partial charge in [-0.1, -0.05) is 126 Å². The second-order valence-corrected chi connectivity index (χ2v) is 8.17. The average Bonchev–Trinajstić information content (AvgIpc) is 2.64. The highest BCUT2D eigenvalue weighted by Gasteiger charge is 2.03. The molecular weight excluding hydrogens is 324 g/mol. The average molecular weight is 363 g/mol. The van der Waals surface area contributed by atoms with Crippen molar-refractivity contribution in [1.82, 2.24) is 0 Å². The lowest BCUT2D eigenvalue weighted by atomic mass is 10.0. The molecule has 0 spiro atoms. The minimum Gasteiger partial charge on any atom is -0.287 e. The van der Waals surface area contributed by atoms with Gasteiger partial charge >= 0.3 is 0 Å². The highest BCUT2D eigenvalue weighted by atomic mass is 32.2. The fourth-order valence-corrected chi connectivity index (χ4v) is 3.91. The predicted octanol–water partition coefficient (Wildman–Crippen LogP) is 7.93. The van der Waals surface area contributed by atoms with Crippen LogP contribution in [0.15, 0.2) is 30.3 Å². The monoisotopic (exact) mass is 362 g/mol. The molecule has 0 fully saturated rings. The normalized spacial score (nSPS) is 10.9. The zero-order valence-electron chi connectivity index (χ0n) is 16.3. The molecule has 0 aliphatic rings. The van der Waals surface area contributed by atoms with Gasteiger partial charge in [-0.3, -0.25) is 4.79 Å². The summed E-state index contributed by atoms with van der Waals surface area (Å²) < 4.78 is 0. The van der Waals surface area contributed by atoms with Crippen molar-refractivity contribution in [1.29, 1.82) is 0 Å². The maximum atomic E-state index is 11.9. The SMILES string of the molecule is CCCCCCCCCCCCCCCC(=O)SCc1ccccc1. The number of carbonyl (C=O) groups is 1. The molecule has 0 saturated heterocycles. The van der Waals surface area contributed by atoms with E-state index in [1.807, 2.05) is 18.2 Å². The van der Waals surface area contributed by atoms with Gasteiger partial charge in [0.1, 0.15) is 0 Å². The summed E-state index contributed by atoms with van der Waals surface area (Å²) in [6, 6.07) is 10.3. The minimum absolute atomic E-state index is 0.354. The van der Waals surface area contributed by atoms with E-state index in [1.54, 1.807) is 0 Å². The Kier molecular flexibility index (Phi) is 14.9. The summed E-state index contributed by atoms with van der Waals surface area (Å²) in [5.74, 6) is 0.818. The fraction of sp³-hybridized carbons (Fsp3) is 0.696. The van der Waals surface area contributed by atoms with E-state index < -0.39 is 0 Å². The lowest BCUT2D eigenvalue weighted by Gasteiger charge is -2.03. The van der Waals surface area contributed by atoms with E-state index in [9.17, 15) is 4.79 Å². The Morgan fingerprint density at radius 1 is 0.720 bits per heavy atom. The quantitative estimate of drug-likeness (QED) is 0.278. The maximum Gasteiger partial charge on any atom is 0.189 e. The Morgan fingerprint density at radius 3 is 1.72 bits per heavy atom. The van der Waals surface area contributed by atoms with Crippen molar-refractivity contribution in [3.63, 3.8) is 0 Å². The Morgan fingerprint density at radius 2 is 1.20 bits per heavy atom. The van der Waals surface area contributed by atoms with Crippen LogP contribution in [0.3, 0.4) is 0 Å². The molecule has 0 radical (unpaired) electrons. The van der Waals surface area contributed by atoms with Crippen molar-refractivity contribution in [2.45, 2.75) is 103 Å². The number of rotatable bonds is 16. The second kappa shape index (κ2) is 16.7. The molecule has 0 aliphatic heterocycles. The van der Waals surface area contributed by atoms with Crippen molar-refractivity contribution < 1.29 is 4.79 Å². The van der Waals surface area contributed by atoms with Gasteiger partial charge in [0, 0.05) is 12.2 Å². The van der Waals surface area contributed by atoms with Gasteiger partial charge in [0.2, 0.25) is 0 Å². The first-order chi connectivity index (χ1) is 12.3. The van der Waals surface area contributed by atoms with Gasteiger partial charge in [0.15, 0.2) is 5.12 Å². The highest BCUT2D eigenvalue weighted by molar-refractivity contribution is 8.12. The summed E-state index contributed by atoms with van der Waals surface area (Å²) in [6.45, 7) is 2.28. The van der Waals surface area contributed by atoms with Crippen molar-refractivity contribution in [2.24, 2.45) is 0 Å². The zero-order chi connectivity index (χ0) is 18.0. The third-order valence-electron chi connectivity index (χ3n) is 4.73. The van der Waals surface area contributed by atoms with E-state index in [4.69, 9.17) is 0 Å². The van der Waals surface area contributed by atoms with Crippen molar-refractivity contribution in [3.05, 3.63) is 35.9 Å². The summed E-state index contributed by atoms with van der Waals surface area (Å²) >= 11 is 1.47. The van der Waals surface area contributed by atoms with Gasteiger partial charge in [-0.2, -0.15) is 0 Å². The Bertz CT molecular complexity index is 415. The Balaban J connectivity index is 1.80. The second-order valence-electron chi connectivity index (χ2n) is 7.14. The predicted molar refractivity (Wildman–Crippen MR) is 113 cm³/mol. The number of benzene rings is 1. The van der Waals surface area contributed by atoms with Gasteiger partial charge < -0.3 is 0 Å². The van der Waals surface area contributed by atoms with Crippen LogP contribution in [0, 0.1) is 0 Å². The molecule has 0 heterocycles. The fourth-order valence-electron chi connectivity index (χ4n) is 3.10. The molecule has 1 aromatic rings. The van der Waals surface area contributed by atoms with Gasteiger partial charge in [-0.25, -0.2) is 0 Å². The molecule has 142 valence electrons. The van der Waals surface area contributed by atoms with Gasteiger partial charge in [-0.05, 0) is 12.0 Å². The van der Waals surface area contributed by atoms with Crippen LogP contribution in [0.5, 0.6) is 0 Å². The van der Waals surface area contributed by atoms with Crippen LogP contribution in [0.1, 0.15) is 102 Å². The maximum absolute atomic E-state index is 11.9. The molecule has 0 amide bonds. The first-order valence-corrected chi connectivity index (χ1v) is 11.5. The zero-order valence-corrected chi connectivity index (χ0v) is 17.1. The molecule has 0 unspecified atom stereocenters. The Labute approximate surface area is 160 Å². The van der Waals surface area contributed by atoms with Gasteiger partial charge in [-0.15, -0.1) is 0 Å². The number of hydrogen-bond acceptors (Lipinski definition) is 2. The van der Waals surface area contributed by atoms with Crippen LogP contribution in [-0.4, -0.2) is 5.12 Å². The summed E-state index contributed by atoms with van der Waals surface area (Å²) in [5, 5.41) is 0.354. The van der Waals surface area contributed by atoms with Crippen molar-refractivity contribution in [2.75, 3.05) is 0 Å². The molecule has 0 bridgehead atoms. The first kappa shape index (κ1) is 22.3. The molecule has 0 saturated carbocycles. The van der Waals surface area contributed by atoms with Gasteiger partial charge in [0.25, 0.3) is 0 Å². The molecule has 2 heteroatoms. The number of unbranched alkanes of at least 4 members (excludes halogenated alkanes) is 12. The van der Waals surface area contributed by atoms with Crippen molar-refractivity contribution in [3.8, 4) is 0 Å². The van der Waals surface area contributed by atoms with E-state index in [0.29, 0.717) is 5.12 Å². The van der Waals surface area contributed by atoms with E-state index in [-0.39, 0.29) is 0 Å². The standard InChI is InChI=1S/C23H38OS/c1-2-3-4-5-6-7-8-9-10-11-12-13-17-20-23(24)25-21-22-18-15-14-16-19-22/h14-16,18-19H,2-13,17,20-21H2,1H3. The Hall–Kier alpha value is -0.760. The minimum atomic E-state index is 0.354. The largest absolute Gasteiger partial charge is 0.287 e. The van der Waals surface area contributed by atoms with Crippen LogP contribution < -0.4 is 0 Å².